The Morgan fingerprint density at radius 2 is 1.96 bits per heavy atom. The van der Waals surface area contributed by atoms with Crippen LogP contribution in [-0.4, -0.2) is 40.6 Å². The van der Waals surface area contributed by atoms with Gasteiger partial charge in [-0.1, -0.05) is 12.1 Å². The lowest BCUT2D eigenvalue weighted by Crippen LogP contribution is -2.39. The van der Waals surface area contributed by atoms with Crippen LogP contribution in [0.3, 0.4) is 0 Å². The Labute approximate surface area is 149 Å². The van der Waals surface area contributed by atoms with Crippen molar-refractivity contribution in [2.75, 3.05) is 20.2 Å². The Bertz CT molecular complexity index is 685. The van der Waals surface area contributed by atoms with Crippen LogP contribution in [-0.2, 0) is 17.8 Å². The Kier molecular flexibility index (Phi) is 5.74. The monoisotopic (exact) mass is 341 g/mol. The largest absolute Gasteiger partial charge is 0.497 e. The summed E-state index contributed by atoms with van der Waals surface area (Å²) in [6.07, 6.45) is 7.42. The zero-order valence-corrected chi connectivity index (χ0v) is 15.1. The maximum absolute atomic E-state index is 12.5. The predicted molar refractivity (Wildman–Crippen MR) is 97.6 cm³/mol. The molecule has 0 aliphatic carbocycles. The minimum Gasteiger partial charge on any atom is -0.497 e. The first-order chi connectivity index (χ1) is 12.2. The second kappa shape index (κ2) is 8.19. The fourth-order valence-corrected chi connectivity index (χ4v) is 3.44. The molecule has 25 heavy (non-hydrogen) atoms. The summed E-state index contributed by atoms with van der Waals surface area (Å²) >= 11 is 0. The van der Waals surface area contributed by atoms with Gasteiger partial charge in [0, 0.05) is 38.4 Å². The normalized spacial score (nSPS) is 15.4. The SMILES string of the molecule is COc1ccc(CCC(=O)N2CCC(Cn3ccnc3C)CC2)cc1. The van der Waals surface area contributed by atoms with E-state index >= 15 is 0 Å². The number of aryl methyl sites for hydroxylation is 2. The van der Waals surface area contributed by atoms with E-state index in [0.29, 0.717) is 12.3 Å². The molecule has 1 fully saturated rings. The van der Waals surface area contributed by atoms with Gasteiger partial charge in [-0.25, -0.2) is 4.98 Å². The minimum absolute atomic E-state index is 0.271. The summed E-state index contributed by atoms with van der Waals surface area (Å²) in [6.45, 7) is 4.80. The van der Waals surface area contributed by atoms with Crippen LogP contribution in [0.15, 0.2) is 36.7 Å². The quantitative estimate of drug-likeness (QED) is 0.811. The molecule has 0 saturated carbocycles. The van der Waals surface area contributed by atoms with Gasteiger partial charge in [-0.15, -0.1) is 0 Å². The smallest absolute Gasteiger partial charge is 0.222 e. The third-order valence-corrected chi connectivity index (χ3v) is 5.13. The molecule has 0 spiro atoms. The number of aromatic nitrogens is 2. The number of piperidine rings is 1. The zero-order chi connectivity index (χ0) is 17.6. The number of ether oxygens (including phenoxy) is 1. The summed E-state index contributed by atoms with van der Waals surface area (Å²) in [5.74, 6) is 2.83. The van der Waals surface area contributed by atoms with Gasteiger partial charge in [0.25, 0.3) is 0 Å². The first-order valence-corrected chi connectivity index (χ1v) is 9.04. The summed E-state index contributed by atoms with van der Waals surface area (Å²) in [5, 5.41) is 0. The summed E-state index contributed by atoms with van der Waals surface area (Å²) in [6, 6.07) is 7.96. The van der Waals surface area contributed by atoms with Crippen molar-refractivity contribution in [3.63, 3.8) is 0 Å². The number of amides is 1. The molecule has 0 radical (unpaired) electrons. The van der Waals surface area contributed by atoms with Gasteiger partial charge in [-0.05, 0) is 49.8 Å². The summed E-state index contributed by atoms with van der Waals surface area (Å²) < 4.78 is 7.38. The van der Waals surface area contributed by atoms with E-state index in [-0.39, 0.29) is 5.91 Å². The number of hydrogen-bond donors (Lipinski definition) is 0. The number of nitrogens with zero attached hydrogens (tertiary/aromatic N) is 3. The van der Waals surface area contributed by atoms with E-state index in [2.05, 4.69) is 9.55 Å². The van der Waals surface area contributed by atoms with Crippen molar-refractivity contribution in [1.29, 1.82) is 0 Å². The molecular formula is C20H27N3O2. The Balaban J connectivity index is 1.42. The van der Waals surface area contributed by atoms with Crippen LogP contribution in [0, 0.1) is 12.8 Å². The van der Waals surface area contributed by atoms with Crippen molar-refractivity contribution in [2.45, 2.75) is 39.2 Å². The van der Waals surface area contributed by atoms with Gasteiger partial charge in [0.15, 0.2) is 0 Å². The molecule has 1 saturated heterocycles. The summed E-state index contributed by atoms with van der Waals surface area (Å²) in [7, 11) is 1.66. The molecular weight excluding hydrogens is 314 g/mol. The molecule has 5 nitrogen and oxygen atoms in total. The van der Waals surface area contributed by atoms with Crippen LogP contribution in [0.5, 0.6) is 5.75 Å². The first kappa shape index (κ1) is 17.5. The van der Waals surface area contributed by atoms with Crippen molar-refractivity contribution >= 4 is 5.91 Å². The molecule has 0 bridgehead atoms. The van der Waals surface area contributed by atoms with Gasteiger partial charge in [0.05, 0.1) is 7.11 Å². The lowest BCUT2D eigenvalue weighted by Gasteiger charge is -2.32. The number of imidazole rings is 1. The molecule has 0 unspecified atom stereocenters. The van der Waals surface area contributed by atoms with Crippen LogP contribution in [0.4, 0.5) is 0 Å². The maximum Gasteiger partial charge on any atom is 0.222 e. The molecule has 1 amide bonds. The first-order valence-electron chi connectivity index (χ1n) is 9.04. The van der Waals surface area contributed by atoms with Gasteiger partial charge >= 0.3 is 0 Å². The van der Waals surface area contributed by atoms with Crippen LogP contribution >= 0.6 is 0 Å². The number of benzene rings is 1. The lowest BCUT2D eigenvalue weighted by molar-refractivity contribution is -0.132. The van der Waals surface area contributed by atoms with E-state index in [1.54, 1.807) is 7.11 Å². The average Bonchev–Trinajstić information content (AvgIpc) is 3.05. The molecule has 2 aromatic rings. The maximum atomic E-state index is 12.5. The fraction of sp³-hybridized carbons (Fsp3) is 0.500. The Morgan fingerprint density at radius 1 is 1.24 bits per heavy atom. The second-order valence-corrected chi connectivity index (χ2v) is 6.80. The van der Waals surface area contributed by atoms with E-state index in [1.807, 2.05) is 48.5 Å². The molecule has 1 aromatic heterocycles. The zero-order valence-electron chi connectivity index (χ0n) is 15.1. The third kappa shape index (κ3) is 4.62. The van der Waals surface area contributed by atoms with Crippen molar-refractivity contribution in [2.24, 2.45) is 5.92 Å². The van der Waals surface area contributed by atoms with Crippen molar-refractivity contribution in [3.05, 3.63) is 48.0 Å². The van der Waals surface area contributed by atoms with E-state index < -0.39 is 0 Å². The Morgan fingerprint density at radius 3 is 2.56 bits per heavy atom. The van der Waals surface area contributed by atoms with Gasteiger partial charge in [-0.3, -0.25) is 4.79 Å². The van der Waals surface area contributed by atoms with Crippen molar-refractivity contribution in [3.8, 4) is 5.75 Å². The van der Waals surface area contributed by atoms with Crippen LogP contribution < -0.4 is 4.74 Å². The van der Waals surface area contributed by atoms with Gasteiger partial charge < -0.3 is 14.2 Å². The highest BCUT2D eigenvalue weighted by Gasteiger charge is 2.23. The number of carbonyl (C=O) groups excluding carboxylic acids is 1. The molecule has 2 heterocycles. The van der Waals surface area contributed by atoms with Crippen LogP contribution in [0.1, 0.15) is 30.7 Å². The van der Waals surface area contributed by atoms with Crippen molar-refractivity contribution in [1.82, 2.24) is 14.5 Å². The molecule has 0 atom stereocenters. The second-order valence-electron chi connectivity index (χ2n) is 6.80. The fourth-order valence-electron chi connectivity index (χ4n) is 3.44. The number of likely N-dealkylation sites (tertiary alicyclic amines) is 1. The van der Waals surface area contributed by atoms with Crippen molar-refractivity contribution < 1.29 is 9.53 Å². The van der Waals surface area contributed by atoms with Gasteiger partial charge in [0.1, 0.15) is 11.6 Å². The number of hydrogen-bond acceptors (Lipinski definition) is 3. The summed E-state index contributed by atoms with van der Waals surface area (Å²) in [4.78, 5) is 18.8. The van der Waals surface area contributed by atoms with Crippen LogP contribution in [0.25, 0.3) is 0 Å². The predicted octanol–water partition coefficient (Wildman–Crippen LogP) is 3.07. The highest BCUT2D eigenvalue weighted by atomic mass is 16.5. The molecule has 5 heteroatoms. The number of methoxy groups -OCH3 is 1. The minimum atomic E-state index is 0.271. The van der Waals surface area contributed by atoms with Gasteiger partial charge in [-0.2, -0.15) is 0 Å². The van der Waals surface area contributed by atoms with E-state index in [0.717, 1.165) is 50.5 Å². The van der Waals surface area contributed by atoms with E-state index in [1.165, 1.54) is 5.56 Å². The van der Waals surface area contributed by atoms with E-state index in [9.17, 15) is 4.79 Å². The number of rotatable bonds is 6. The average molecular weight is 341 g/mol. The molecule has 1 aromatic carbocycles. The lowest BCUT2D eigenvalue weighted by atomic mass is 9.96. The topological polar surface area (TPSA) is 47.4 Å². The van der Waals surface area contributed by atoms with Gasteiger partial charge in [0.2, 0.25) is 5.91 Å². The molecule has 0 N–H and O–H groups in total. The highest BCUT2D eigenvalue weighted by Crippen LogP contribution is 2.21. The number of carbonyl (C=O) groups is 1. The Hall–Kier alpha value is -2.30. The molecule has 134 valence electrons. The molecule has 1 aliphatic heterocycles. The summed E-state index contributed by atoms with van der Waals surface area (Å²) in [5.41, 5.74) is 1.18. The standard InChI is InChI=1S/C20H27N3O2/c1-16-21-11-14-23(16)15-18-9-12-22(13-10-18)20(24)8-5-17-3-6-19(25-2)7-4-17/h3-4,6-7,11,14,18H,5,8-10,12-13,15H2,1-2H3. The molecule has 1 aliphatic rings. The highest BCUT2D eigenvalue weighted by molar-refractivity contribution is 5.76. The molecule has 3 rings (SSSR count). The van der Waals surface area contributed by atoms with E-state index in [4.69, 9.17) is 4.74 Å². The van der Waals surface area contributed by atoms with Crippen LogP contribution in [0.2, 0.25) is 0 Å². The third-order valence-electron chi connectivity index (χ3n) is 5.13.